The van der Waals surface area contributed by atoms with E-state index in [2.05, 4.69) is 15.6 Å². The molecule has 1 amide bonds. The maximum absolute atomic E-state index is 11.9. The monoisotopic (exact) mass is 380 g/mol. The number of guanidine groups is 1. The summed E-state index contributed by atoms with van der Waals surface area (Å²) < 4.78 is 0. The highest BCUT2D eigenvalue weighted by molar-refractivity contribution is 14.0. The van der Waals surface area contributed by atoms with E-state index in [9.17, 15) is 4.79 Å². The summed E-state index contributed by atoms with van der Waals surface area (Å²) in [5.74, 6) is 1.73. The first-order valence-corrected chi connectivity index (χ1v) is 7.09. The van der Waals surface area contributed by atoms with Crippen molar-refractivity contribution in [2.75, 3.05) is 32.7 Å². The summed E-state index contributed by atoms with van der Waals surface area (Å²) in [6.45, 7) is 5.91. The Hall–Kier alpha value is -0.530. The fourth-order valence-electron chi connectivity index (χ4n) is 2.12. The maximum atomic E-state index is 11.9. The summed E-state index contributed by atoms with van der Waals surface area (Å²) in [5, 5.41) is 6.48. The van der Waals surface area contributed by atoms with Crippen LogP contribution in [0, 0.1) is 5.92 Å². The van der Waals surface area contributed by atoms with Crippen LogP contribution in [0.2, 0.25) is 0 Å². The SMILES string of the molecule is CCNC(=NCC(=O)N1CCCC1)NCC1CC1.I. The first kappa shape index (κ1) is 16.5. The van der Waals surface area contributed by atoms with Gasteiger partial charge in [-0.3, -0.25) is 4.79 Å². The first-order chi connectivity index (χ1) is 8.79. The van der Waals surface area contributed by atoms with Crippen molar-refractivity contribution in [3.05, 3.63) is 0 Å². The van der Waals surface area contributed by atoms with Crippen LogP contribution in [0.4, 0.5) is 0 Å². The van der Waals surface area contributed by atoms with Crippen LogP contribution < -0.4 is 10.6 Å². The lowest BCUT2D eigenvalue weighted by Crippen LogP contribution is -2.39. The predicted octanol–water partition coefficient (Wildman–Crippen LogP) is 1.19. The van der Waals surface area contributed by atoms with E-state index in [1.165, 1.54) is 12.8 Å². The van der Waals surface area contributed by atoms with E-state index < -0.39 is 0 Å². The zero-order valence-corrected chi connectivity index (χ0v) is 14.0. The molecule has 110 valence electrons. The van der Waals surface area contributed by atoms with Crippen LogP contribution in [-0.2, 0) is 4.79 Å². The van der Waals surface area contributed by atoms with Crippen LogP contribution in [0.5, 0.6) is 0 Å². The van der Waals surface area contributed by atoms with Gasteiger partial charge in [0.05, 0.1) is 0 Å². The fraction of sp³-hybridized carbons (Fsp3) is 0.846. The summed E-state index contributed by atoms with van der Waals surface area (Å²) in [4.78, 5) is 18.1. The molecule has 0 aromatic heterocycles. The third-order valence-electron chi connectivity index (χ3n) is 3.43. The quantitative estimate of drug-likeness (QED) is 0.428. The Kier molecular flexibility index (Phi) is 7.48. The molecule has 0 bridgehead atoms. The van der Waals surface area contributed by atoms with Gasteiger partial charge in [0.2, 0.25) is 5.91 Å². The van der Waals surface area contributed by atoms with Gasteiger partial charge in [0.15, 0.2) is 5.96 Å². The minimum atomic E-state index is 0. The van der Waals surface area contributed by atoms with Crippen molar-refractivity contribution in [3.63, 3.8) is 0 Å². The van der Waals surface area contributed by atoms with Gasteiger partial charge in [-0.25, -0.2) is 4.99 Å². The molecule has 2 aliphatic rings. The second-order valence-corrected chi connectivity index (χ2v) is 5.11. The van der Waals surface area contributed by atoms with Crippen molar-refractivity contribution in [1.82, 2.24) is 15.5 Å². The van der Waals surface area contributed by atoms with Crippen LogP contribution in [0.1, 0.15) is 32.6 Å². The van der Waals surface area contributed by atoms with Gasteiger partial charge in [0, 0.05) is 26.2 Å². The molecule has 2 fully saturated rings. The molecule has 1 saturated carbocycles. The number of nitrogens with one attached hydrogen (secondary N) is 2. The van der Waals surface area contributed by atoms with Gasteiger partial charge in [-0.15, -0.1) is 24.0 Å². The first-order valence-electron chi connectivity index (χ1n) is 7.09. The number of nitrogens with zero attached hydrogens (tertiary/aromatic N) is 2. The molecule has 1 heterocycles. The fourth-order valence-corrected chi connectivity index (χ4v) is 2.12. The summed E-state index contributed by atoms with van der Waals surface area (Å²) in [5.41, 5.74) is 0. The van der Waals surface area contributed by atoms with Gasteiger partial charge >= 0.3 is 0 Å². The van der Waals surface area contributed by atoms with E-state index in [0.717, 1.165) is 50.9 Å². The average Bonchev–Trinajstić information content (AvgIpc) is 3.04. The molecule has 0 spiro atoms. The number of carbonyl (C=O) groups excluding carboxylic acids is 1. The van der Waals surface area contributed by atoms with Gasteiger partial charge in [-0.2, -0.15) is 0 Å². The Bertz CT molecular complexity index is 312. The Morgan fingerprint density at radius 1 is 1.26 bits per heavy atom. The number of amides is 1. The third kappa shape index (κ3) is 5.97. The molecule has 2 rings (SSSR count). The van der Waals surface area contributed by atoms with E-state index in [0.29, 0.717) is 0 Å². The number of rotatable bonds is 5. The molecule has 0 radical (unpaired) electrons. The van der Waals surface area contributed by atoms with E-state index >= 15 is 0 Å². The molecule has 0 aromatic carbocycles. The number of halogens is 1. The van der Waals surface area contributed by atoms with Crippen LogP contribution in [0.15, 0.2) is 4.99 Å². The summed E-state index contributed by atoms with van der Waals surface area (Å²) in [7, 11) is 0. The second-order valence-electron chi connectivity index (χ2n) is 5.11. The predicted molar refractivity (Wildman–Crippen MR) is 87.9 cm³/mol. The molecule has 0 atom stereocenters. The number of hydrogen-bond acceptors (Lipinski definition) is 2. The van der Waals surface area contributed by atoms with E-state index in [1.54, 1.807) is 0 Å². The molecule has 1 saturated heterocycles. The van der Waals surface area contributed by atoms with Gasteiger partial charge in [0.1, 0.15) is 6.54 Å². The smallest absolute Gasteiger partial charge is 0.244 e. The van der Waals surface area contributed by atoms with Gasteiger partial charge in [-0.1, -0.05) is 0 Å². The molecule has 0 unspecified atom stereocenters. The second kappa shape index (κ2) is 8.60. The molecule has 6 heteroatoms. The Morgan fingerprint density at radius 2 is 1.95 bits per heavy atom. The number of carbonyl (C=O) groups is 1. The number of hydrogen-bond donors (Lipinski definition) is 2. The van der Waals surface area contributed by atoms with Crippen molar-refractivity contribution < 1.29 is 4.79 Å². The molecule has 19 heavy (non-hydrogen) atoms. The van der Waals surface area contributed by atoms with Gasteiger partial charge < -0.3 is 15.5 Å². The van der Waals surface area contributed by atoms with Crippen LogP contribution in [0.25, 0.3) is 0 Å². The summed E-state index contributed by atoms with van der Waals surface area (Å²) >= 11 is 0. The van der Waals surface area contributed by atoms with Crippen LogP contribution in [0.3, 0.4) is 0 Å². The zero-order chi connectivity index (χ0) is 12.8. The maximum Gasteiger partial charge on any atom is 0.244 e. The Balaban J connectivity index is 0.00000180. The molecule has 0 aromatic rings. The lowest BCUT2D eigenvalue weighted by molar-refractivity contribution is -0.128. The van der Waals surface area contributed by atoms with E-state index in [1.807, 2.05) is 11.8 Å². The number of likely N-dealkylation sites (tertiary alicyclic amines) is 1. The highest BCUT2D eigenvalue weighted by atomic mass is 127. The average molecular weight is 380 g/mol. The summed E-state index contributed by atoms with van der Waals surface area (Å²) in [6, 6.07) is 0. The summed E-state index contributed by atoms with van der Waals surface area (Å²) in [6.07, 6.45) is 4.91. The molecule has 1 aliphatic carbocycles. The lowest BCUT2D eigenvalue weighted by Gasteiger charge is -2.15. The number of aliphatic imine (C=N–C) groups is 1. The normalized spacial score (nSPS) is 19.0. The van der Waals surface area contributed by atoms with E-state index in [4.69, 9.17) is 0 Å². The van der Waals surface area contributed by atoms with Crippen molar-refractivity contribution >= 4 is 35.8 Å². The highest BCUT2D eigenvalue weighted by Gasteiger charge is 2.21. The Labute approximate surface area is 132 Å². The molecular formula is C13H25IN4O. The highest BCUT2D eigenvalue weighted by Crippen LogP contribution is 2.27. The van der Waals surface area contributed by atoms with Crippen molar-refractivity contribution in [3.8, 4) is 0 Å². The van der Waals surface area contributed by atoms with Gasteiger partial charge in [0.25, 0.3) is 0 Å². The minimum Gasteiger partial charge on any atom is -0.357 e. The van der Waals surface area contributed by atoms with Crippen molar-refractivity contribution in [2.45, 2.75) is 32.6 Å². The standard InChI is InChI=1S/C13H24N4O.HI/c1-2-14-13(15-9-11-5-6-11)16-10-12(18)17-7-3-4-8-17;/h11H,2-10H2,1H3,(H2,14,15,16);1H. The zero-order valence-electron chi connectivity index (χ0n) is 11.7. The minimum absolute atomic E-state index is 0. The van der Waals surface area contributed by atoms with Crippen LogP contribution in [-0.4, -0.2) is 49.5 Å². The van der Waals surface area contributed by atoms with Crippen molar-refractivity contribution in [1.29, 1.82) is 0 Å². The van der Waals surface area contributed by atoms with E-state index in [-0.39, 0.29) is 36.4 Å². The largest absolute Gasteiger partial charge is 0.357 e. The lowest BCUT2D eigenvalue weighted by atomic mass is 10.4. The molecule has 1 aliphatic heterocycles. The van der Waals surface area contributed by atoms with Crippen LogP contribution >= 0.6 is 24.0 Å². The molecular weight excluding hydrogens is 355 g/mol. The third-order valence-corrected chi connectivity index (χ3v) is 3.43. The topological polar surface area (TPSA) is 56.7 Å². The molecule has 2 N–H and O–H groups in total. The van der Waals surface area contributed by atoms with Crippen molar-refractivity contribution in [2.24, 2.45) is 10.9 Å². The molecule has 5 nitrogen and oxygen atoms in total. The van der Waals surface area contributed by atoms with Gasteiger partial charge in [-0.05, 0) is 38.5 Å². The Morgan fingerprint density at radius 3 is 2.53 bits per heavy atom.